The van der Waals surface area contributed by atoms with Gasteiger partial charge in [-0.3, -0.25) is 14.9 Å². The molecule has 0 fully saturated rings. The summed E-state index contributed by atoms with van der Waals surface area (Å²) in [5, 5.41) is 25.2. The number of nitrogens with one attached hydrogen (secondary N) is 2. The fourth-order valence-corrected chi connectivity index (χ4v) is 2.26. The number of benzene rings is 1. The van der Waals surface area contributed by atoms with Crippen LogP contribution in [-0.2, 0) is 6.54 Å². The SMILES string of the molecule is O=c1[nH]c(CNCC(O)c2ccc([N+](=O)[O-])cc2)cs1. The van der Waals surface area contributed by atoms with Crippen molar-refractivity contribution >= 4 is 17.0 Å². The molecule has 2 rings (SSSR count). The third-order valence-electron chi connectivity index (χ3n) is 2.71. The van der Waals surface area contributed by atoms with E-state index in [1.807, 2.05) is 0 Å². The highest BCUT2D eigenvalue weighted by atomic mass is 32.1. The first-order chi connectivity index (χ1) is 9.56. The first-order valence-corrected chi connectivity index (χ1v) is 6.74. The van der Waals surface area contributed by atoms with E-state index in [0.717, 1.165) is 17.0 Å². The van der Waals surface area contributed by atoms with E-state index >= 15 is 0 Å². The van der Waals surface area contributed by atoms with E-state index in [1.165, 1.54) is 24.3 Å². The minimum Gasteiger partial charge on any atom is -0.387 e. The molecule has 0 aliphatic heterocycles. The van der Waals surface area contributed by atoms with Gasteiger partial charge in [-0.25, -0.2) is 0 Å². The Balaban J connectivity index is 1.86. The molecular weight excluding hydrogens is 282 g/mol. The predicted molar refractivity (Wildman–Crippen MR) is 74.7 cm³/mol. The maximum absolute atomic E-state index is 10.9. The summed E-state index contributed by atoms with van der Waals surface area (Å²) in [7, 11) is 0. The Morgan fingerprint density at radius 1 is 1.40 bits per heavy atom. The summed E-state index contributed by atoms with van der Waals surface area (Å²) >= 11 is 1.09. The maximum Gasteiger partial charge on any atom is 0.304 e. The smallest absolute Gasteiger partial charge is 0.304 e. The van der Waals surface area contributed by atoms with Gasteiger partial charge in [0.15, 0.2) is 0 Å². The van der Waals surface area contributed by atoms with E-state index in [0.29, 0.717) is 12.1 Å². The van der Waals surface area contributed by atoms with E-state index < -0.39 is 11.0 Å². The number of aliphatic hydroxyl groups is 1. The van der Waals surface area contributed by atoms with Crippen molar-refractivity contribution in [2.45, 2.75) is 12.6 Å². The van der Waals surface area contributed by atoms with Gasteiger partial charge in [0.1, 0.15) is 0 Å². The van der Waals surface area contributed by atoms with Gasteiger partial charge in [-0.05, 0) is 17.7 Å². The van der Waals surface area contributed by atoms with Gasteiger partial charge >= 0.3 is 4.87 Å². The number of thiazole rings is 1. The maximum atomic E-state index is 10.9. The van der Waals surface area contributed by atoms with Crippen molar-refractivity contribution in [3.05, 3.63) is 60.7 Å². The minimum atomic E-state index is -0.763. The summed E-state index contributed by atoms with van der Waals surface area (Å²) in [6, 6.07) is 5.76. The van der Waals surface area contributed by atoms with Gasteiger partial charge in [-0.2, -0.15) is 0 Å². The highest BCUT2D eigenvalue weighted by Crippen LogP contribution is 2.17. The Morgan fingerprint density at radius 2 is 2.10 bits per heavy atom. The van der Waals surface area contributed by atoms with Crippen LogP contribution in [0.4, 0.5) is 5.69 Å². The van der Waals surface area contributed by atoms with Crippen LogP contribution in [0.1, 0.15) is 17.4 Å². The number of hydrogen-bond donors (Lipinski definition) is 3. The lowest BCUT2D eigenvalue weighted by molar-refractivity contribution is -0.384. The van der Waals surface area contributed by atoms with Gasteiger partial charge in [-0.15, -0.1) is 0 Å². The second kappa shape index (κ2) is 6.42. The molecular formula is C12H13N3O4S. The zero-order valence-electron chi connectivity index (χ0n) is 10.4. The largest absolute Gasteiger partial charge is 0.387 e. The summed E-state index contributed by atoms with van der Waals surface area (Å²) < 4.78 is 0. The van der Waals surface area contributed by atoms with Crippen LogP contribution >= 0.6 is 11.3 Å². The molecule has 0 amide bonds. The van der Waals surface area contributed by atoms with Gasteiger partial charge in [-0.1, -0.05) is 11.3 Å². The Bertz CT molecular complexity index is 635. The summed E-state index contributed by atoms with van der Waals surface area (Å²) in [5.41, 5.74) is 1.35. The molecule has 20 heavy (non-hydrogen) atoms. The van der Waals surface area contributed by atoms with E-state index in [2.05, 4.69) is 10.3 Å². The summed E-state index contributed by atoms with van der Waals surface area (Å²) in [6.07, 6.45) is -0.763. The summed E-state index contributed by atoms with van der Waals surface area (Å²) in [6.45, 7) is 0.735. The Kier molecular flexibility index (Phi) is 4.61. The number of aromatic amines is 1. The van der Waals surface area contributed by atoms with Crippen molar-refractivity contribution in [1.82, 2.24) is 10.3 Å². The number of nitro groups is 1. The number of non-ortho nitro benzene ring substituents is 1. The van der Waals surface area contributed by atoms with E-state index in [-0.39, 0.29) is 17.1 Å². The molecule has 7 nitrogen and oxygen atoms in total. The van der Waals surface area contributed by atoms with Gasteiger partial charge in [0.05, 0.1) is 11.0 Å². The van der Waals surface area contributed by atoms with Crippen molar-refractivity contribution in [1.29, 1.82) is 0 Å². The standard InChI is InChI=1S/C12H13N3O4S/c16-11(6-13-5-9-7-20-12(17)14-9)8-1-3-10(4-2-8)15(18)19/h1-4,7,11,13,16H,5-6H2,(H,14,17). The van der Waals surface area contributed by atoms with Crippen LogP contribution < -0.4 is 10.2 Å². The predicted octanol–water partition coefficient (Wildman–Crippen LogP) is 1.17. The monoisotopic (exact) mass is 295 g/mol. The average molecular weight is 295 g/mol. The first kappa shape index (κ1) is 14.4. The molecule has 0 radical (unpaired) electrons. The molecule has 1 atom stereocenters. The first-order valence-electron chi connectivity index (χ1n) is 5.86. The van der Waals surface area contributed by atoms with Gasteiger partial charge in [0.25, 0.3) is 5.69 Å². The molecule has 1 aromatic carbocycles. The number of nitro benzene ring substituents is 1. The van der Waals surface area contributed by atoms with Crippen molar-refractivity contribution < 1.29 is 10.0 Å². The van der Waals surface area contributed by atoms with Crippen LogP contribution in [0.5, 0.6) is 0 Å². The van der Waals surface area contributed by atoms with Gasteiger partial charge in [0.2, 0.25) is 0 Å². The highest BCUT2D eigenvalue weighted by Gasteiger charge is 2.10. The Labute approximate surface area is 118 Å². The molecule has 3 N–H and O–H groups in total. The number of aliphatic hydroxyl groups excluding tert-OH is 1. The lowest BCUT2D eigenvalue weighted by atomic mass is 10.1. The van der Waals surface area contributed by atoms with Crippen LogP contribution in [0.25, 0.3) is 0 Å². The fourth-order valence-electron chi connectivity index (χ4n) is 1.68. The number of nitrogens with zero attached hydrogens (tertiary/aromatic N) is 1. The molecule has 0 aliphatic rings. The van der Waals surface area contributed by atoms with E-state index in [4.69, 9.17) is 0 Å². The average Bonchev–Trinajstić information content (AvgIpc) is 2.84. The fraction of sp³-hybridized carbons (Fsp3) is 0.250. The molecule has 0 spiro atoms. The van der Waals surface area contributed by atoms with Gasteiger partial charge in [0, 0.05) is 36.3 Å². The molecule has 0 aliphatic carbocycles. The van der Waals surface area contributed by atoms with Crippen molar-refractivity contribution in [2.24, 2.45) is 0 Å². The van der Waals surface area contributed by atoms with E-state index in [9.17, 15) is 20.0 Å². The van der Waals surface area contributed by atoms with Crippen LogP contribution in [0.3, 0.4) is 0 Å². The second-order valence-electron chi connectivity index (χ2n) is 4.17. The van der Waals surface area contributed by atoms with Gasteiger partial charge < -0.3 is 15.4 Å². The highest BCUT2D eigenvalue weighted by molar-refractivity contribution is 7.07. The molecule has 0 saturated heterocycles. The molecule has 1 aromatic heterocycles. The molecule has 1 unspecified atom stereocenters. The third-order valence-corrected chi connectivity index (χ3v) is 3.43. The number of rotatable bonds is 6. The Hall–Kier alpha value is -2.03. The molecule has 8 heteroatoms. The van der Waals surface area contributed by atoms with Crippen LogP contribution in [0, 0.1) is 10.1 Å². The number of aromatic nitrogens is 1. The zero-order chi connectivity index (χ0) is 14.5. The molecule has 2 aromatic rings. The second-order valence-corrected chi connectivity index (χ2v) is 5.01. The minimum absolute atomic E-state index is 0.00948. The number of hydrogen-bond acceptors (Lipinski definition) is 6. The number of H-pyrrole nitrogens is 1. The van der Waals surface area contributed by atoms with Crippen LogP contribution in [0.15, 0.2) is 34.4 Å². The van der Waals surface area contributed by atoms with Crippen molar-refractivity contribution in [3.8, 4) is 0 Å². The lowest BCUT2D eigenvalue weighted by Crippen LogP contribution is -2.21. The molecule has 0 bridgehead atoms. The summed E-state index contributed by atoms with van der Waals surface area (Å²) in [4.78, 5) is 23.5. The Morgan fingerprint density at radius 3 is 2.65 bits per heavy atom. The van der Waals surface area contributed by atoms with E-state index in [1.54, 1.807) is 5.38 Å². The lowest BCUT2D eigenvalue weighted by Gasteiger charge is -2.11. The normalized spacial score (nSPS) is 12.2. The van der Waals surface area contributed by atoms with Crippen LogP contribution in [-0.4, -0.2) is 21.6 Å². The molecule has 1 heterocycles. The zero-order valence-corrected chi connectivity index (χ0v) is 11.2. The quantitative estimate of drug-likeness (QED) is 0.547. The van der Waals surface area contributed by atoms with Crippen molar-refractivity contribution in [3.63, 3.8) is 0 Å². The summed E-state index contributed by atoms with van der Waals surface area (Å²) in [5.74, 6) is 0. The van der Waals surface area contributed by atoms with Crippen molar-refractivity contribution in [2.75, 3.05) is 6.54 Å². The van der Waals surface area contributed by atoms with Crippen LogP contribution in [0.2, 0.25) is 0 Å². The molecule has 0 saturated carbocycles. The third kappa shape index (κ3) is 3.73. The topological polar surface area (TPSA) is 108 Å². The molecule has 106 valence electrons.